The molecule has 16 heavy (non-hydrogen) atoms. The van der Waals surface area contributed by atoms with Crippen molar-refractivity contribution in [2.75, 3.05) is 32.3 Å². The maximum atomic E-state index is 5.60. The van der Waals surface area contributed by atoms with Gasteiger partial charge in [0.1, 0.15) is 12.4 Å². The first kappa shape index (κ1) is 11.0. The molecule has 0 aromatic heterocycles. The third-order valence-corrected chi connectivity index (χ3v) is 2.38. The zero-order chi connectivity index (χ0) is 11.2. The molecule has 1 N–H and O–H groups in total. The highest BCUT2D eigenvalue weighted by Crippen LogP contribution is 2.22. The van der Waals surface area contributed by atoms with Crippen molar-refractivity contribution in [3.8, 4) is 5.75 Å². The van der Waals surface area contributed by atoms with Gasteiger partial charge in [-0.1, -0.05) is 0 Å². The van der Waals surface area contributed by atoms with Gasteiger partial charge in [-0.25, -0.2) is 0 Å². The van der Waals surface area contributed by atoms with E-state index < -0.39 is 0 Å². The first-order valence-electron chi connectivity index (χ1n) is 5.39. The molecule has 4 nitrogen and oxygen atoms in total. The van der Waals surface area contributed by atoms with Crippen LogP contribution in [0.1, 0.15) is 12.0 Å². The minimum absolute atomic E-state index is 0.654. The van der Waals surface area contributed by atoms with E-state index in [4.69, 9.17) is 9.47 Å². The summed E-state index contributed by atoms with van der Waals surface area (Å²) in [5.41, 5.74) is 2.19. The summed E-state index contributed by atoms with van der Waals surface area (Å²) in [6.07, 6.45) is 2.77. The summed E-state index contributed by atoms with van der Waals surface area (Å²) >= 11 is 0. The van der Waals surface area contributed by atoms with Crippen molar-refractivity contribution in [3.05, 3.63) is 23.8 Å². The zero-order valence-electron chi connectivity index (χ0n) is 9.40. The van der Waals surface area contributed by atoms with Gasteiger partial charge in [-0.3, -0.25) is 4.99 Å². The van der Waals surface area contributed by atoms with E-state index in [-0.39, 0.29) is 0 Å². The van der Waals surface area contributed by atoms with Crippen LogP contribution in [0.25, 0.3) is 0 Å². The molecule has 1 aromatic rings. The van der Waals surface area contributed by atoms with Crippen LogP contribution in [-0.4, -0.2) is 33.2 Å². The number of benzene rings is 1. The minimum atomic E-state index is 0.654. The Bertz CT molecular complexity index is 377. The summed E-state index contributed by atoms with van der Waals surface area (Å²) in [5, 5.41) is 3.19. The SMILES string of the molecule is COCCCOc1ccc2c(c1)C=NCN2. The summed E-state index contributed by atoms with van der Waals surface area (Å²) in [7, 11) is 1.70. The number of fused-ring (bicyclic) bond motifs is 1. The van der Waals surface area contributed by atoms with Crippen LogP contribution in [0.3, 0.4) is 0 Å². The van der Waals surface area contributed by atoms with Crippen molar-refractivity contribution >= 4 is 11.9 Å². The van der Waals surface area contributed by atoms with Crippen LogP contribution in [0.15, 0.2) is 23.2 Å². The molecule has 0 unspecified atom stereocenters. The van der Waals surface area contributed by atoms with Gasteiger partial charge in [0.25, 0.3) is 0 Å². The molecule has 0 spiro atoms. The van der Waals surface area contributed by atoms with Gasteiger partial charge in [0.2, 0.25) is 0 Å². The molecular weight excluding hydrogens is 204 g/mol. The molecule has 0 atom stereocenters. The van der Waals surface area contributed by atoms with Crippen LogP contribution < -0.4 is 10.1 Å². The predicted octanol–water partition coefficient (Wildman–Crippen LogP) is 1.90. The second kappa shape index (κ2) is 5.51. The number of rotatable bonds is 5. The normalized spacial score (nSPS) is 13.1. The van der Waals surface area contributed by atoms with Crippen molar-refractivity contribution in [3.63, 3.8) is 0 Å². The van der Waals surface area contributed by atoms with Crippen molar-refractivity contribution in [1.82, 2.24) is 0 Å². The summed E-state index contributed by atoms with van der Waals surface area (Å²) in [5.74, 6) is 0.880. The van der Waals surface area contributed by atoms with E-state index in [0.717, 1.165) is 30.0 Å². The molecule has 1 aromatic carbocycles. The molecule has 1 aliphatic heterocycles. The van der Waals surface area contributed by atoms with Gasteiger partial charge >= 0.3 is 0 Å². The molecule has 0 bridgehead atoms. The molecule has 0 amide bonds. The molecule has 1 aliphatic rings. The van der Waals surface area contributed by atoms with Crippen LogP contribution in [0.4, 0.5) is 5.69 Å². The highest BCUT2D eigenvalue weighted by molar-refractivity contribution is 5.89. The van der Waals surface area contributed by atoms with E-state index >= 15 is 0 Å². The first-order chi connectivity index (χ1) is 7.90. The fourth-order valence-electron chi connectivity index (χ4n) is 1.57. The van der Waals surface area contributed by atoms with E-state index in [0.29, 0.717) is 13.3 Å². The Morgan fingerprint density at radius 3 is 3.19 bits per heavy atom. The molecule has 0 aliphatic carbocycles. The smallest absolute Gasteiger partial charge is 0.120 e. The average Bonchev–Trinajstić information content (AvgIpc) is 2.34. The number of methoxy groups -OCH3 is 1. The van der Waals surface area contributed by atoms with Crippen molar-refractivity contribution in [2.45, 2.75) is 6.42 Å². The monoisotopic (exact) mass is 220 g/mol. The molecule has 4 heteroatoms. The maximum Gasteiger partial charge on any atom is 0.120 e. The van der Waals surface area contributed by atoms with Gasteiger partial charge in [0, 0.05) is 37.6 Å². The highest BCUT2D eigenvalue weighted by Gasteiger charge is 2.05. The minimum Gasteiger partial charge on any atom is -0.493 e. The standard InChI is InChI=1S/C12H16N2O2/c1-15-5-2-6-16-11-3-4-12-10(7-11)8-13-9-14-12/h3-4,7-8,14H,2,5-6,9H2,1H3. The number of aliphatic imine (C=N–C) groups is 1. The molecule has 2 rings (SSSR count). The summed E-state index contributed by atoms with van der Waals surface area (Å²) in [6.45, 7) is 2.06. The van der Waals surface area contributed by atoms with Crippen LogP contribution in [-0.2, 0) is 4.74 Å². The topological polar surface area (TPSA) is 42.9 Å². The Balaban J connectivity index is 1.93. The predicted molar refractivity (Wildman–Crippen MR) is 64.5 cm³/mol. The molecule has 0 radical (unpaired) electrons. The van der Waals surface area contributed by atoms with Crippen LogP contribution >= 0.6 is 0 Å². The number of nitrogens with one attached hydrogen (secondary N) is 1. The average molecular weight is 220 g/mol. The van der Waals surface area contributed by atoms with Gasteiger partial charge in [0.15, 0.2) is 0 Å². The van der Waals surface area contributed by atoms with Crippen molar-refractivity contribution in [2.24, 2.45) is 4.99 Å². The van der Waals surface area contributed by atoms with Gasteiger partial charge in [0.05, 0.1) is 6.61 Å². The maximum absolute atomic E-state index is 5.60. The summed E-state index contributed by atoms with van der Waals surface area (Å²) < 4.78 is 10.6. The fraction of sp³-hybridized carbons (Fsp3) is 0.417. The lowest BCUT2D eigenvalue weighted by atomic mass is 10.1. The lowest BCUT2D eigenvalue weighted by molar-refractivity contribution is 0.172. The Morgan fingerprint density at radius 1 is 1.38 bits per heavy atom. The van der Waals surface area contributed by atoms with Crippen LogP contribution in [0, 0.1) is 0 Å². The number of hydrogen-bond donors (Lipinski definition) is 1. The largest absolute Gasteiger partial charge is 0.493 e. The van der Waals surface area contributed by atoms with E-state index in [1.165, 1.54) is 0 Å². The summed E-state index contributed by atoms with van der Waals surface area (Å²) in [6, 6.07) is 5.99. The molecule has 0 fully saturated rings. The Morgan fingerprint density at radius 2 is 2.31 bits per heavy atom. The third-order valence-electron chi connectivity index (χ3n) is 2.38. The second-order valence-corrected chi connectivity index (χ2v) is 3.59. The zero-order valence-corrected chi connectivity index (χ0v) is 9.40. The van der Waals surface area contributed by atoms with E-state index in [1.807, 2.05) is 24.4 Å². The lowest BCUT2D eigenvalue weighted by Gasteiger charge is -2.14. The Hall–Kier alpha value is -1.55. The second-order valence-electron chi connectivity index (χ2n) is 3.59. The number of ether oxygens (including phenoxy) is 2. The van der Waals surface area contributed by atoms with E-state index in [9.17, 15) is 0 Å². The van der Waals surface area contributed by atoms with Crippen molar-refractivity contribution < 1.29 is 9.47 Å². The van der Waals surface area contributed by atoms with Gasteiger partial charge < -0.3 is 14.8 Å². The Labute approximate surface area is 95.3 Å². The molecule has 0 saturated heterocycles. The number of nitrogens with zero attached hydrogens (tertiary/aromatic N) is 1. The van der Waals surface area contributed by atoms with E-state index in [2.05, 4.69) is 10.3 Å². The molecular formula is C12H16N2O2. The first-order valence-corrected chi connectivity index (χ1v) is 5.39. The molecule has 86 valence electrons. The van der Waals surface area contributed by atoms with Crippen LogP contribution in [0.5, 0.6) is 5.75 Å². The number of anilines is 1. The summed E-state index contributed by atoms with van der Waals surface area (Å²) in [4.78, 5) is 4.16. The third kappa shape index (κ3) is 2.73. The quantitative estimate of drug-likeness (QED) is 0.771. The Kier molecular flexibility index (Phi) is 3.77. The van der Waals surface area contributed by atoms with Gasteiger partial charge in [-0.15, -0.1) is 0 Å². The van der Waals surface area contributed by atoms with Crippen LogP contribution in [0.2, 0.25) is 0 Å². The molecule has 1 heterocycles. The van der Waals surface area contributed by atoms with Gasteiger partial charge in [-0.2, -0.15) is 0 Å². The number of hydrogen-bond acceptors (Lipinski definition) is 4. The molecule has 0 saturated carbocycles. The fourth-order valence-corrected chi connectivity index (χ4v) is 1.57. The lowest BCUT2D eigenvalue weighted by Crippen LogP contribution is -2.08. The highest BCUT2D eigenvalue weighted by atomic mass is 16.5. The van der Waals surface area contributed by atoms with Crippen molar-refractivity contribution in [1.29, 1.82) is 0 Å². The van der Waals surface area contributed by atoms with E-state index in [1.54, 1.807) is 7.11 Å². The van der Waals surface area contributed by atoms with Gasteiger partial charge in [-0.05, 0) is 18.2 Å².